The molecule has 1 aromatic heterocycles. The molecule has 0 unspecified atom stereocenters. The molecule has 6 nitrogen and oxygen atoms in total. The summed E-state index contributed by atoms with van der Waals surface area (Å²) in [5, 5.41) is 23.3. The molecular formula is C18H25N3O3. The Kier molecular flexibility index (Phi) is 5.37. The predicted octanol–water partition coefficient (Wildman–Crippen LogP) is 1.97. The van der Waals surface area contributed by atoms with E-state index in [4.69, 9.17) is 9.84 Å². The molecule has 24 heavy (non-hydrogen) atoms. The van der Waals surface area contributed by atoms with Crippen molar-refractivity contribution < 1.29 is 14.9 Å². The van der Waals surface area contributed by atoms with Crippen LogP contribution in [-0.2, 0) is 13.1 Å². The molecule has 1 aliphatic rings. The van der Waals surface area contributed by atoms with Crippen molar-refractivity contribution in [1.82, 2.24) is 14.7 Å². The maximum absolute atomic E-state index is 9.90. The highest BCUT2D eigenvalue weighted by Crippen LogP contribution is 2.30. The number of phenolic OH excluding ortho intramolecular Hbond substituents is 1. The van der Waals surface area contributed by atoms with E-state index in [0.29, 0.717) is 18.2 Å². The van der Waals surface area contributed by atoms with E-state index in [1.54, 1.807) is 13.2 Å². The molecule has 2 aromatic rings. The molecule has 1 aromatic carbocycles. The molecule has 130 valence electrons. The first-order valence-electron chi connectivity index (χ1n) is 8.42. The molecule has 6 heteroatoms. The van der Waals surface area contributed by atoms with Crippen LogP contribution in [0.25, 0.3) is 0 Å². The van der Waals surface area contributed by atoms with Gasteiger partial charge < -0.3 is 14.9 Å². The van der Waals surface area contributed by atoms with Crippen molar-refractivity contribution in [1.29, 1.82) is 0 Å². The third-order valence-electron chi connectivity index (χ3n) is 4.72. The van der Waals surface area contributed by atoms with E-state index in [1.807, 2.05) is 23.0 Å². The van der Waals surface area contributed by atoms with Crippen molar-refractivity contribution in [3.05, 3.63) is 41.7 Å². The van der Waals surface area contributed by atoms with E-state index in [-0.39, 0.29) is 12.4 Å². The SMILES string of the molecule is COc1ccc(CN2CCC(c3ccnn3CCO)CC2)cc1O. The summed E-state index contributed by atoms with van der Waals surface area (Å²) in [5.41, 5.74) is 2.32. The summed E-state index contributed by atoms with van der Waals surface area (Å²) < 4.78 is 7.01. The molecule has 1 aliphatic heterocycles. The fourth-order valence-corrected chi connectivity index (χ4v) is 3.45. The summed E-state index contributed by atoms with van der Waals surface area (Å²) in [5.74, 6) is 1.20. The smallest absolute Gasteiger partial charge is 0.160 e. The zero-order valence-corrected chi connectivity index (χ0v) is 14.1. The van der Waals surface area contributed by atoms with E-state index >= 15 is 0 Å². The molecule has 0 radical (unpaired) electrons. The van der Waals surface area contributed by atoms with Crippen molar-refractivity contribution >= 4 is 0 Å². The molecule has 0 amide bonds. The zero-order chi connectivity index (χ0) is 16.9. The van der Waals surface area contributed by atoms with Crippen molar-refractivity contribution in [2.24, 2.45) is 0 Å². The van der Waals surface area contributed by atoms with Gasteiger partial charge in [0.2, 0.25) is 0 Å². The summed E-state index contributed by atoms with van der Waals surface area (Å²) in [6.45, 7) is 3.55. The molecular weight excluding hydrogens is 306 g/mol. The molecule has 0 bridgehead atoms. The first kappa shape index (κ1) is 16.8. The number of hydrogen-bond acceptors (Lipinski definition) is 5. The van der Waals surface area contributed by atoms with Crippen LogP contribution in [0, 0.1) is 0 Å². The lowest BCUT2D eigenvalue weighted by molar-refractivity contribution is 0.198. The first-order valence-corrected chi connectivity index (χ1v) is 8.42. The first-order chi connectivity index (χ1) is 11.7. The van der Waals surface area contributed by atoms with Crippen LogP contribution in [0.1, 0.15) is 30.0 Å². The molecule has 0 saturated carbocycles. The second kappa shape index (κ2) is 7.68. The Morgan fingerprint density at radius 2 is 2.04 bits per heavy atom. The topological polar surface area (TPSA) is 70.8 Å². The van der Waals surface area contributed by atoms with E-state index in [9.17, 15) is 5.11 Å². The minimum absolute atomic E-state index is 0.120. The van der Waals surface area contributed by atoms with Gasteiger partial charge in [0.1, 0.15) is 0 Å². The molecule has 3 rings (SSSR count). The second-order valence-electron chi connectivity index (χ2n) is 6.26. The average molecular weight is 331 g/mol. The number of phenols is 1. The molecule has 2 heterocycles. The number of likely N-dealkylation sites (tertiary alicyclic amines) is 1. The van der Waals surface area contributed by atoms with Crippen LogP contribution in [-0.4, -0.2) is 51.7 Å². The number of benzene rings is 1. The van der Waals surface area contributed by atoms with Gasteiger partial charge in [-0.2, -0.15) is 5.10 Å². The number of aliphatic hydroxyl groups is 1. The van der Waals surface area contributed by atoms with E-state index < -0.39 is 0 Å². The number of hydrogen-bond donors (Lipinski definition) is 2. The third kappa shape index (κ3) is 3.71. The second-order valence-corrected chi connectivity index (χ2v) is 6.26. The lowest BCUT2D eigenvalue weighted by Gasteiger charge is -2.32. The van der Waals surface area contributed by atoms with Crippen LogP contribution in [0.2, 0.25) is 0 Å². The molecule has 1 saturated heterocycles. The fraction of sp³-hybridized carbons (Fsp3) is 0.500. The van der Waals surface area contributed by atoms with Crippen molar-refractivity contribution in [3.8, 4) is 11.5 Å². The number of piperidine rings is 1. The van der Waals surface area contributed by atoms with E-state index in [2.05, 4.69) is 16.1 Å². The lowest BCUT2D eigenvalue weighted by Crippen LogP contribution is -2.33. The van der Waals surface area contributed by atoms with Crippen LogP contribution in [0.5, 0.6) is 11.5 Å². The van der Waals surface area contributed by atoms with E-state index in [1.165, 1.54) is 5.69 Å². The van der Waals surface area contributed by atoms with Crippen LogP contribution in [0.3, 0.4) is 0 Å². The zero-order valence-electron chi connectivity index (χ0n) is 14.1. The number of aromatic nitrogens is 2. The highest BCUT2D eigenvalue weighted by atomic mass is 16.5. The quantitative estimate of drug-likeness (QED) is 0.847. The van der Waals surface area contributed by atoms with Gasteiger partial charge in [0.15, 0.2) is 11.5 Å². The highest BCUT2D eigenvalue weighted by Gasteiger charge is 2.23. The molecule has 1 fully saturated rings. The number of aromatic hydroxyl groups is 1. The minimum Gasteiger partial charge on any atom is -0.504 e. The van der Waals surface area contributed by atoms with Gasteiger partial charge in [0.05, 0.1) is 20.3 Å². The summed E-state index contributed by atoms with van der Waals surface area (Å²) in [4.78, 5) is 2.41. The largest absolute Gasteiger partial charge is 0.504 e. The monoisotopic (exact) mass is 331 g/mol. The van der Waals surface area contributed by atoms with Crippen molar-refractivity contribution in [2.45, 2.75) is 31.8 Å². The standard InChI is InChI=1S/C18H25N3O3/c1-24-18-3-2-14(12-17(18)23)13-20-8-5-15(6-9-20)16-4-7-19-21(16)10-11-22/h2-4,7,12,15,22-23H,5-6,8-11,13H2,1H3. The maximum Gasteiger partial charge on any atom is 0.160 e. The van der Waals surface area contributed by atoms with Crippen molar-refractivity contribution in [2.75, 3.05) is 26.8 Å². The van der Waals surface area contributed by atoms with E-state index in [0.717, 1.165) is 38.0 Å². The number of methoxy groups -OCH3 is 1. The molecule has 0 atom stereocenters. The molecule has 0 aliphatic carbocycles. The Morgan fingerprint density at radius 3 is 2.71 bits per heavy atom. The van der Waals surface area contributed by atoms with Crippen molar-refractivity contribution in [3.63, 3.8) is 0 Å². The van der Waals surface area contributed by atoms with Gasteiger partial charge in [-0.3, -0.25) is 9.58 Å². The lowest BCUT2D eigenvalue weighted by atomic mass is 9.93. The van der Waals surface area contributed by atoms with Crippen LogP contribution in [0.15, 0.2) is 30.5 Å². The van der Waals surface area contributed by atoms with Crippen LogP contribution < -0.4 is 4.74 Å². The highest BCUT2D eigenvalue weighted by molar-refractivity contribution is 5.41. The third-order valence-corrected chi connectivity index (χ3v) is 4.72. The van der Waals surface area contributed by atoms with Gasteiger partial charge in [0, 0.05) is 24.4 Å². The Hall–Kier alpha value is -2.05. The molecule has 0 spiro atoms. The van der Waals surface area contributed by atoms with Crippen LogP contribution in [0.4, 0.5) is 0 Å². The molecule has 2 N–H and O–H groups in total. The summed E-state index contributed by atoms with van der Waals surface area (Å²) in [6, 6.07) is 7.66. The normalized spacial score (nSPS) is 16.4. The summed E-state index contributed by atoms with van der Waals surface area (Å²) >= 11 is 0. The number of ether oxygens (including phenoxy) is 1. The number of rotatable bonds is 6. The van der Waals surface area contributed by atoms with Crippen LogP contribution >= 0.6 is 0 Å². The Morgan fingerprint density at radius 1 is 1.25 bits per heavy atom. The minimum atomic E-state index is 0.120. The van der Waals surface area contributed by atoms with Gasteiger partial charge in [-0.05, 0) is 49.7 Å². The summed E-state index contributed by atoms with van der Waals surface area (Å²) in [6.07, 6.45) is 3.98. The predicted molar refractivity (Wildman–Crippen MR) is 91.2 cm³/mol. The fourth-order valence-electron chi connectivity index (χ4n) is 3.45. The van der Waals surface area contributed by atoms with Gasteiger partial charge >= 0.3 is 0 Å². The Labute approximate surface area is 142 Å². The van der Waals surface area contributed by atoms with Gasteiger partial charge in [0.25, 0.3) is 0 Å². The average Bonchev–Trinajstić information content (AvgIpc) is 3.04. The number of aliphatic hydroxyl groups excluding tert-OH is 1. The maximum atomic E-state index is 9.90. The van der Waals surface area contributed by atoms with Gasteiger partial charge in [-0.15, -0.1) is 0 Å². The Bertz CT molecular complexity index is 663. The number of nitrogens with zero attached hydrogens (tertiary/aromatic N) is 3. The summed E-state index contributed by atoms with van der Waals surface area (Å²) in [7, 11) is 1.56. The van der Waals surface area contributed by atoms with Gasteiger partial charge in [-0.25, -0.2) is 0 Å². The Balaban J connectivity index is 1.57. The van der Waals surface area contributed by atoms with Gasteiger partial charge in [-0.1, -0.05) is 6.07 Å².